The Bertz CT molecular complexity index is 1530. The zero-order valence-corrected chi connectivity index (χ0v) is 20.0. The average molecular weight is 536 g/mol. The minimum absolute atomic E-state index is 0.0183. The number of amides is 1. The molecule has 0 saturated carbocycles. The lowest BCUT2D eigenvalue weighted by molar-refractivity contribution is -0.274. The van der Waals surface area contributed by atoms with E-state index in [4.69, 9.17) is 10.3 Å². The van der Waals surface area contributed by atoms with Gasteiger partial charge in [0, 0.05) is 12.0 Å². The summed E-state index contributed by atoms with van der Waals surface area (Å²) >= 11 is 0. The second kappa shape index (κ2) is 10.0. The molecule has 0 saturated heterocycles. The lowest BCUT2D eigenvalue weighted by Gasteiger charge is -2.08. The number of sulfone groups is 1. The van der Waals surface area contributed by atoms with Crippen LogP contribution in [0.2, 0.25) is 0 Å². The van der Waals surface area contributed by atoms with Crippen LogP contribution in [0.3, 0.4) is 0 Å². The lowest BCUT2D eigenvalue weighted by Crippen LogP contribution is -2.17. The van der Waals surface area contributed by atoms with E-state index in [0.717, 1.165) is 12.1 Å². The summed E-state index contributed by atoms with van der Waals surface area (Å²) in [5.74, 6) is -0.811. The fourth-order valence-corrected chi connectivity index (χ4v) is 4.58. The van der Waals surface area contributed by atoms with Crippen LogP contribution in [0, 0.1) is 6.92 Å². The van der Waals surface area contributed by atoms with Crippen LogP contribution in [0.15, 0.2) is 57.9 Å². The van der Waals surface area contributed by atoms with Crippen molar-refractivity contribution >= 4 is 15.7 Å². The number of hydrogen-bond donors (Lipinski definition) is 1. The van der Waals surface area contributed by atoms with Gasteiger partial charge >= 0.3 is 6.36 Å². The number of alkyl halides is 3. The Kier molecular flexibility index (Phi) is 6.98. The predicted molar refractivity (Wildman–Crippen MR) is 122 cm³/mol. The Labute approximate surface area is 208 Å². The molecule has 194 valence electrons. The van der Waals surface area contributed by atoms with Crippen molar-refractivity contribution in [2.45, 2.75) is 31.1 Å². The molecule has 0 atom stereocenters. The number of halogens is 3. The van der Waals surface area contributed by atoms with Crippen molar-refractivity contribution in [3.05, 3.63) is 59.9 Å². The molecular formula is C22H19F3N6O5S. The van der Waals surface area contributed by atoms with E-state index in [0.29, 0.717) is 17.0 Å². The molecule has 2 N–H and O–H groups in total. The van der Waals surface area contributed by atoms with E-state index >= 15 is 0 Å². The molecule has 1 amide bonds. The van der Waals surface area contributed by atoms with Gasteiger partial charge in [0.05, 0.1) is 17.2 Å². The summed E-state index contributed by atoms with van der Waals surface area (Å²) < 4.78 is 72.5. The molecule has 0 aliphatic heterocycles. The maximum Gasteiger partial charge on any atom is 0.573 e. The highest BCUT2D eigenvalue weighted by molar-refractivity contribution is 7.91. The van der Waals surface area contributed by atoms with Gasteiger partial charge in [-0.2, -0.15) is 4.98 Å². The molecule has 0 radical (unpaired) electrons. The van der Waals surface area contributed by atoms with Gasteiger partial charge in [-0.05, 0) is 48.9 Å². The third-order valence-corrected chi connectivity index (χ3v) is 6.74. The van der Waals surface area contributed by atoms with Gasteiger partial charge in [-0.3, -0.25) is 4.79 Å². The van der Waals surface area contributed by atoms with Crippen LogP contribution in [-0.2, 0) is 21.2 Å². The summed E-state index contributed by atoms with van der Waals surface area (Å²) in [5, 5.41) is 8.16. The first-order valence-corrected chi connectivity index (χ1v) is 12.3. The van der Waals surface area contributed by atoms with E-state index in [1.807, 2.05) is 0 Å². The molecule has 0 aliphatic carbocycles. The van der Waals surface area contributed by atoms with Crippen molar-refractivity contribution in [3.63, 3.8) is 0 Å². The van der Waals surface area contributed by atoms with Gasteiger partial charge in [0.1, 0.15) is 11.6 Å². The minimum Gasteiger partial charge on any atom is -0.406 e. The maximum atomic E-state index is 12.5. The molecule has 0 aliphatic rings. The summed E-state index contributed by atoms with van der Waals surface area (Å²) in [6, 6.07) is 11.1. The fourth-order valence-electron chi connectivity index (χ4n) is 3.26. The van der Waals surface area contributed by atoms with Crippen LogP contribution in [0.1, 0.15) is 17.8 Å². The first-order valence-electron chi connectivity index (χ1n) is 10.6. The Morgan fingerprint density at radius 1 is 1.11 bits per heavy atom. The fraction of sp³-hybridized carbons (Fsp3) is 0.227. The monoisotopic (exact) mass is 536 g/mol. The van der Waals surface area contributed by atoms with E-state index in [1.165, 1.54) is 28.9 Å². The van der Waals surface area contributed by atoms with Crippen LogP contribution in [0.5, 0.6) is 5.75 Å². The smallest absolute Gasteiger partial charge is 0.406 e. The van der Waals surface area contributed by atoms with E-state index in [9.17, 15) is 26.4 Å². The largest absolute Gasteiger partial charge is 0.573 e. The van der Waals surface area contributed by atoms with Gasteiger partial charge < -0.3 is 15.0 Å². The quantitative estimate of drug-likeness (QED) is 0.340. The number of benzene rings is 2. The molecule has 0 unspecified atom stereocenters. The number of nitrogens with two attached hydrogens (primary N) is 1. The number of carbonyl (C=O) groups excluding carboxylic acids is 1. The number of nitrogens with zero attached hydrogens (tertiary/aromatic N) is 5. The van der Waals surface area contributed by atoms with Crippen molar-refractivity contribution in [1.29, 1.82) is 0 Å². The predicted octanol–water partition coefficient (Wildman–Crippen LogP) is 2.90. The molecule has 4 rings (SSSR count). The number of aromatic nitrogens is 5. The van der Waals surface area contributed by atoms with Gasteiger partial charge in [-0.25, -0.2) is 18.1 Å². The second-order valence-corrected chi connectivity index (χ2v) is 9.93. The van der Waals surface area contributed by atoms with Crippen LogP contribution in [-0.4, -0.2) is 51.3 Å². The number of ether oxygens (including phenoxy) is 1. The van der Waals surface area contributed by atoms with Crippen molar-refractivity contribution < 1.29 is 35.6 Å². The van der Waals surface area contributed by atoms with Gasteiger partial charge in [0.15, 0.2) is 9.84 Å². The average Bonchev–Trinajstić information content (AvgIpc) is 3.45. The number of hydrogen-bond acceptors (Lipinski definition) is 9. The Hall–Kier alpha value is -4.27. The van der Waals surface area contributed by atoms with Crippen LogP contribution in [0.25, 0.3) is 23.1 Å². The van der Waals surface area contributed by atoms with E-state index in [2.05, 4.69) is 25.0 Å². The summed E-state index contributed by atoms with van der Waals surface area (Å²) in [5.41, 5.74) is 6.06. The molecule has 0 spiro atoms. The highest BCUT2D eigenvalue weighted by atomic mass is 32.2. The van der Waals surface area contributed by atoms with Crippen molar-refractivity contribution in [1.82, 2.24) is 24.9 Å². The Balaban J connectivity index is 1.50. The van der Waals surface area contributed by atoms with Crippen LogP contribution in [0.4, 0.5) is 13.2 Å². The van der Waals surface area contributed by atoms with Gasteiger partial charge in [-0.15, -0.1) is 18.3 Å². The summed E-state index contributed by atoms with van der Waals surface area (Å²) in [4.78, 5) is 19.5. The first-order chi connectivity index (χ1) is 17.4. The van der Waals surface area contributed by atoms with Crippen molar-refractivity contribution in [3.8, 4) is 28.9 Å². The zero-order valence-electron chi connectivity index (χ0n) is 19.1. The molecule has 0 fully saturated rings. The van der Waals surface area contributed by atoms with E-state index in [-0.39, 0.29) is 41.2 Å². The molecule has 0 bridgehead atoms. The molecule has 15 heteroatoms. The summed E-state index contributed by atoms with van der Waals surface area (Å²) in [7, 11) is -3.70. The van der Waals surface area contributed by atoms with E-state index < -0.39 is 27.9 Å². The summed E-state index contributed by atoms with van der Waals surface area (Å²) in [6.45, 7) is 1.86. The molecule has 2 heterocycles. The molecule has 4 aromatic rings. The Morgan fingerprint density at radius 3 is 2.51 bits per heavy atom. The highest BCUT2D eigenvalue weighted by Gasteiger charge is 2.31. The molecule has 11 nitrogen and oxygen atoms in total. The second-order valence-electron chi connectivity index (χ2n) is 7.82. The minimum atomic E-state index is -4.80. The lowest BCUT2D eigenvalue weighted by atomic mass is 10.2. The summed E-state index contributed by atoms with van der Waals surface area (Å²) in [6.07, 6.45) is -5.08. The maximum absolute atomic E-state index is 12.5. The highest BCUT2D eigenvalue weighted by Crippen LogP contribution is 2.26. The molecule has 37 heavy (non-hydrogen) atoms. The molecule has 2 aromatic carbocycles. The number of rotatable bonds is 9. The van der Waals surface area contributed by atoms with Crippen LogP contribution < -0.4 is 10.5 Å². The topological polar surface area (TPSA) is 156 Å². The third-order valence-electron chi connectivity index (χ3n) is 5.03. The van der Waals surface area contributed by atoms with Crippen molar-refractivity contribution in [2.75, 3.05) is 5.75 Å². The van der Waals surface area contributed by atoms with Gasteiger partial charge in [0.2, 0.25) is 17.6 Å². The van der Waals surface area contributed by atoms with E-state index in [1.54, 1.807) is 19.1 Å². The molecular weight excluding hydrogens is 517 g/mol. The van der Waals surface area contributed by atoms with Crippen LogP contribution >= 0.6 is 0 Å². The number of carbonyl (C=O) groups is 1. The Morgan fingerprint density at radius 2 is 1.84 bits per heavy atom. The standard InChI is InChI=1S/C22H19F3N6O5S/c1-13-27-20(21-28-19(30-36-21)15-5-7-16(8-6-15)35-22(23,24)25)29-31(13)12-14-3-2-4-17(11-14)37(33,34)10-9-18(26)32/h2-8,11H,9-10,12H2,1H3,(H2,26,32). The third kappa shape index (κ3) is 6.49. The van der Waals surface area contributed by atoms with Gasteiger partial charge in [0.25, 0.3) is 5.89 Å². The zero-order chi connectivity index (χ0) is 26.8. The first kappa shape index (κ1) is 25.8. The van der Waals surface area contributed by atoms with Crippen molar-refractivity contribution in [2.24, 2.45) is 5.73 Å². The molecule has 2 aromatic heterocycles. The SMILES string of the molecule is Cc1nc(-c2nc(-c3ccc(OC(F)(F)F)cc3)no2)nn1Cc1cccc(S(=O)(=O)CCC(N)=O)c1. The number of aryl methyl sites for hydroxylation is 1. The number of primary amides is 1. The normalized spacial score (nSPS) is 12.0. The van der Waals surface area contributed by atoms with Gasteiger partial charge in [-0.1, -0.05) is 17.3 Å².